The van der Waals surface area contributed by atoms with Crippen molar-refractivity contribution in [1.82, 2.24) is 20.9 Å². The Morgan fingerprint density at radius 2 is 1.65 bits per heavy atom. The highest BCUT2D eigenvalue weighted by Gasteiger charge is 2.48. The van der Waals surface area contributed by atoms with E-state index in [1.165, 1.54) is 30.4 Å². The smallest absolute Gasteiger partial charge is 0.237 e. The molecule has 1 aliphatic carbocycles. The third-order valence-electron chi connectivity index (χ3n) is 9.69. The normalized spacial score (nSPS) is 21.6. The number of nitrogens with one attached hydrogen (secondary N) is 3. The number of halogens is 2. The van der Waals surface area contributed by atoms with Crippen LogP contribution in [-0.4, -0.2) is 54.0 Å². The summed E-state index contributed by atoms with van der Waals surface area (Å²) in [4.78, 5) is 29.9. The maximum atomic E-state index is 13.8. The third-order valence-corrected chi connectivity index (χ3v) is 9.95. The van der Waals surface area contributed by atoms with Gasteiger partial charge in [0.15, 0.2) is 0 Å². The first kappa shape index (κ1) is 33.8. The summed E-state index contributed by atoms with van der Waals surface area (Å²) in [5.74, 6) is 0.762. The maximum absolute atomic E-state index is 13.8. The van der Waals surface area contributed by atoms with Gasteiger partial charge < -0.3 is 20.9 Å². The van der Waals surface area contributed by atoms with Crippen LogP contribution >= 0.6 is 24.0 Å². The van der Waals surface area contributed by atoms with Crippen molar-refractivity contribution in [2.24, 2.45) is 11.3 Å². The van der Waals surface area contributed by atoms with Crippen LogP contribution in [0.2, 0.25) is 5.02 Å². The van der Waals surface area contributed by atoms with Gasteiger partial charge in [0.05, 0.1) is 11.5 Å². The molecule has 1 saturated heterocycles. The molecular formula is C35H50Cl2N4O2. The number of hydrogen-bond donors (Lipinski definition) is 3. The van der Waals surface area contributed by atoms with Gasteiger partial charge in [-0.2, -0.15) is 0 Å². The van der Waals surface area contributed by atoms with E-state index in [0.717, 1.165) is 57.3 Å². The lowest BCUT2D eigenvalue weighted by molar-refractivity contribution is -0.141. The second-order valence-corrected chi connectivity index (χ2v) is 14.4. The van der Waals surface area contributed by atoms with Crippen molar-refractivity contribution < 1.29 is 9.59 Å². The van der Waals surface area contributed by atoms with Crippen LogP contribution in [0, 0.1) is 11.3 Å². The summed E-state index contributed by atoms with van der Waals surface area (Å²) in [6.45, 7) is 9.46. The maximum Gasteiger partial charge on any atom is 0.237 e. The largest absolute Gasteiger partial charge is 0.351 e. The Labute approximate surface area is 269 Å². The van der Waals surface area contributed by atoms with E-state index in [1.54, 1.807) is 0 Å². The van der Waals surface area contributed by atoms with Gasteiger partial charge in [-0.05, 0) is 107 Å². The van der Waals surface area contributed by atoms with Gasteiger partial charge in [0.25, 0.3) is 0 Å². The minimum absolute atomic E-state index is 0. The Balaban J connectivity index is 0.00000423. The zero-order chi connectivity index (χ0) is 29.7. The predicted molar refractivity (Wildman–Crippen MR) is 178 cm³/mol. The molecule has 2 heterocycles. The fraction of sp³-hybridized carbons (Fsp3) is 0.600. The molecule has 6 nitrogen and oxygen atoms in total. The molecular weight excluding hydrogens is 579 g/mol. The molecule has 5 rings (SSSR count). The van der Waals surface area contributed by atoms with E-state index >= 15 is 0 Å². The number of hydrogen-bond acceptors (Lipinski definition) is 4. The molecule has 0 radical (unpaired) electrons. The Hall–Kier alpha value is -2.12. The SMILES string of the molecule is CC(C)(C)NC(=O)C1(C2CCCCC2)CCN(C[C@@H](Cc2ccc(Cl)cc2)NC(=O)[C@@H]2Cc3ccccc3CN2)CC1.Cl. The standard InChI is InChI=1S/C35H49ClN4O2.ClH/c1-34(2,3)39-33(42)35(28-11-5-4-6-12-28)17-19-40(20-18-35)24-30(21-25-13-15-29(36)16-14-25)38-32(41)31-22-26-9-7-8-10-27(26)23-37-31;/h7-10,13-16,28,30-31,37H,4-6,11-12,17-24H2,1-3H3,(H,38,41)(H,39,42);1H/t30-,31+;/m1./s1. The Bertz CT molecular complexity index is 1220. The number of amides is 2. The number of piperidine rings is 1. The first-order valence-electron chi connectivity index (χ1n) is 16.0. The summed E-state index contributed by atoms with van der Waals surface area (Å²) >= 11 is 6.17. The van der Waals surface area contributed by atoms with Crippen LogP contribution in [0.4, 0.5) is 0 Å². The van der Waals surface area contributed by atoms with E-state index in [9.17, 15) is 9.59 Å². The molecule has 2 atom stereocenters. The zero-order valence-electron chi connectivity index (χ0n) is 26.1. The number of rotatable bonds is 8. The highest BCUT2D eigenvalue weighted by atomic mass is 35.5. The van der Waals surface area contributed by atoms with E-state index < -0.39 is 0 Å². The van der Waals surface area contributed by atoms with Gasteiger partial charge in [0.2, 0.25) is 11.8 Å². The molecule has 0 aromatic heterocycles. The molecule has 236 valence electrons. The first-order valence-corrected chi connectivity index (χ1v) is 16.4. The molecule has 3 N–H and O–H groups in total. The van der Waals surface area contributed by atoms with Gasteiger partial charge in [-0.3, -0.25) is 9.59 Å². The van der Waals surface area contributed by atoms with Crippen molar-refractivity contribution in [2.75, 3.05) is 19.6 Å². The molecule has 2 fully saturated rings. The highest BCUT2D eigenvalue weighted by molar-refractivity contribution is 6.30. The van der Waals surface area contributed by atoms with Crippen LogP contribution in [-0.2, 0) is 29.0 Å². The predicted octanol–water partition coefficient (Wildman–Crippen LogP) is 6.08. The monoisotopic (exact) mass is 628 g/mol. The summed E-state index contributed by atoms with van der Waals surface area (Å²) in [6, 6.07) is 16.0. The molecule has 2 amide bonds. The van der Waals surface area contributed by atoms with Gasteiger partial charge in [-0.1, -0.05) is 67.3 Å². The van der Waals surface area contributed by atoms with Crippen LogP contribution < -0.4 is 16.0 Å². The van der Waals surface area contributed by atoms with Gasteiger partial charge in [-0.15, -0.1) is 12.4 Å². The second kappa shape index (κ2) is 14.8. The van der Waals surface area contributed by atoms with Crippen LogP contribution in [0.25, 0.3) is 0 Å². The molecule has 0 bridgehead atoms. The zero-order valence-corrected chi connectivity index (χ0v) is 27.7. The molecule has 2 aliphatic heterocycles. The molecule has 43 heavy (non-hydrogen) atoms. The van der Waals surface area contributed by atoms with Crippen LogP contribution in [0.5, 0.6) is 0 Å². The molecule has 1 saturated carbocycles. The van der Waals surface area contributed by atoms with Crippen molar-refractivity contribution in [3.8, 4) is 0 Å². The number of carbonyl (C=O) groups excluding carboxylic acids is 2. The minimum atomic E-state index is -0.293. The van der Waals surface area contributed by atoms with Crippen LogP contribution in [0.3, 0.4) is 0 Å². The Morgan fingerprint density at radius 1 is 1.00 bits per heavy atom. The lowest BCUT2D eigenvalue weighted by Gasteiger charge is -2.48. The van der Waals surface area contributed by atoms with E-state index in [4.69, 9.17) is 11.6 Å². The Morgan fingerprint density at radius 3 is 2.30 bits per heavy atom. The lowest BCUT2D eigenvalue weighted by Crippen LogP contribution is -2.58. The van der Waals surface area contributed by atoms with Gasteiger partial charge >= 0.3 is 0 Å². The molecule has 0 unspecified atom stereocenters. The number of likely N-dealkylation sites (tertiary alicyclic amines) is 1. The molecule has 8 heteroatoms. The quantitative estimate of drug-likeness (QED) is 0.331. The molecule has 0 spiro atoms. The van der Waals surface area contributed by atoms with Crippen molar-refractivity contribution in [2.45, 2.75) is 103 Å². The summed E-state index contributed by atoms with van der Waals surface area (Å²) in [5.41, 5.74) is 3.14. The minimum Gasteiger partial charge on any atom is -0.351 e. The lowest BCUT2D eigenvalue weighted by atomic mass is 9.63. The van der Waals surface area contributed by atoms with E-state index in [0.29, 0.717) is 23.9 Å². The first-order chi connectivity index (χ1) is 20.1. The van der Waals surface area contributed by atoms with Crippen molar-refractivity contribution >= 4 is 35.8 Å². The fourth-order valence-corrected chi connectivity index (χ4v) is 7.52. The topological polar surface area (TPSA) is 73.5 Å². The molecule has 2 aromatic carbocycles. The van der Waals surface area contributed by atoms with Gasteiger partial charge in [0, 0.05) is 29.7 Å². The number of nitrogens with zero attached hydrogens (tertiary/aromatic N) is 1. The van der Waals surface area contributed by atoms with Crippen LogP contribution in [0.1, 0.15) is 82.4 Å². The fourth-order valence-electron chi connectivity index (χ4n) is 7.39. The van der Waals surface area contributed by atoms with Crippen molar-refractivity contribution in [1.29, 1.82) is 0 Å². The number of carbonyl (C=O) groups is 2. The average Bonchev–Trinajstić information content (AvgIpc) is 2.98. The van der Waals surface area contributed by atoms with E-state index in [1.807, 2.05) is 18.2 Å². The average molecular weight is 630 g/mol. The van der Waals surface area contributed by atoms with E-state index in [2.05, 4.69) is 72.0 Å². The number of benzene rings is 2. The number of fused-ring (bicyclic) bond motifs is 1. The summed E-state index contributed by atoms with van der Waals surface area (Å²) < 4.78 is 0. The van der Waals surface area contributed by atoms with Crippen LogP contribution in [0.15, 0.2) is 48.5 Å². The van der Waals surface area contributed by atoms with Crippen molar-refractivity contribution in [3.63, 3.8) is 0 Å². The summed E-state index contributed by atoms with van der Waals surface area (Å²) in [5, 5.41) is 10.9. The summed E-state index contributed by atoms with van der Waals surface area (Å²) in [6.07, 6.45) is 9.25. The Kier molecular flexibility index (Phi) is 11.6. The molecule has 2 aromatic rings. The van der Waals surface area contributed by atoms with Crippen molar-refractivity contribution in [3.05, 3.63) is 70.2 Å². The van der Waals surface area contributed by atoms with E-state index in [-0.39, 0.29) is 47.3 Å². The second-order valence-electron chi connectivity index (χ2n) is 13.9. The highest BCUT2D eigenvalue weighted by Crippen LogP contribution is 2.46. The third kappa shape index (κ3) is 8.75. The summed E-state index contributed by atoms with van der Waals surface area (Å²) in [7, 11) is 0. The molecule has 3 aliphatic rings. The van der Waals surface area contributed by atoms with Gasteiger partial charge in [-0.25, -0.2) is 0 Å². The van der Waals surface area contributed by atoms with Gasteiger partial charge in [0.1, 0.15) is 0 Å².